The molecule has 22 heavy (non-hydrogen) atoms. The first-order chi connectivity index (χ1) is 10.7. The lowest BCUT2D eigenvalue weighted by Crippen LogP contribution is -2.20. The Balaban J connectivity index is 1.60. The first kappa shape index (κ1) is 15.1. The van der Waals surface area contributed by atoms with E-state index in [2.05, 4.69) is 10.4 Å². The molecule has 0 bridgehead atoms. The van der Waals surface area contributed by atoms with Crippen LogP contribution in [0.25, 0.3) is 0 Å². The number of rotatable bonds is 4. The van der Waals surface area contributed by atoms with Gasteiger partial charge in [0.15, 0.2) is 0 Å². The van der Waals surface area contributed by atoms with Crippen LogP contribution in [-0.2, 0) is 11.3 Å². The number of nitrogens with zero attached hydrogens (tertiary/aromatic N) is 2. The van der Waals surface area contributed by atoms with Crippen LogP contribution in [0.4, 0.5) is 5.69 Å². The van der Waals surface area contributed by atoms with Crippen molar-refractivity contribution in [3.8, 4) is 0 Å². The summed E-state index contributed by atoms with van der Waals surface area (Å²) < 4.78 is 7.23. The zero-order valence-corrected chi connectivity index (χ0v) is 12.9. The van der Waals surface area contributed by atoms with Gasteiger partial charge in [-0.15, -0.1) is 0 Å². The summed E-state index contributed by atoms with van der Waals surface area (Å²) in [6, 6.07) is 6.87. The largest absolute Gasteiger partial charge is 0.381 e. The molecular formula is C16H18ClN3O2. The van der Waals surface area contributed by atoms with Gasteiger partial charge in [-0.2, -0.15) is 5.10 Å². The molecule has 2 heterocycles. The van der Waals surface area contributed by atoms with Crippen LogP contribution in [0.15, 0.2) is 36.7 Å². The normalized spacial score (nSPS) is 15.7. The molecule has 1 fully saturated rings. The second-order valence-corrected chi connectivity index (χ2v) is 5.91. The molecule has 0 spiro atoms. The molecule has 116 valence electrons. The number of aromatic nitrogens is 2. The number of nitrogens with one attached hydrogen (secondary N) is 1. The minimum Gasteiger partial charge on any atom is -0.381 e. The molecule has 1 amide bonds. The molecule has 1 N–H and O–H groups in total. The zero-order valence-electron chi connectivity index (χ0n) is 12.2. The third kappa shape index (κ3) is 3.87. The standard InChI is InChI=1S/C16H18ClN3O2/c17-14-3-1-2-13(8-14)16(21)19-15-9-18-20(11-15)10-12-4-6-22-7-5-12/h1-3,8-9,11-12H,4-7,10H2,(H,19,21). The van der Waals surface area contributed by atoms with Crippen LogP contribution in [0.3, 0.4) is 0 Å². The topological polar surface area (TPSA) is 56.2 Å². The molecular weight excluding hydrogens is 302 g/mol. The van der Waals surface area contributed by atoms with Gasteiger partial charge in [-0.3, -0.25) is 9.48 Å². The van der Waals surface area contributed by atoms with E-state index in [0.29, 0.717) is 22.2 Å². The summed E-state index contributed by atoms with van der Waals surface area (Å²) in [4.78, 5) is 12.1. The Morgan fingerprint density at radius 2 is 2.23 bits per heavy atom. The van der Waals surface area contributed by atoms with Gasteiger partial charge in [0, 0.05) is 36.5 Å². The van der Waals surface area contributed by atoms with Gasteiger partial charge in [-0.1, -0.05) is 17.7 Å². The maximum absolute atomic E-state index is 12.1. The number of ether oxygens (including phenoxy) is 1. The van der Waals surface area contributed by atoms with Crippen molar-refractivity contribution in [2.24, 2.45) is 5.92 Å². The van der Waals surface area contributed by atoms with Crippen LogP contribution < -0.4 is 5.32 Å². The van der Waals surface area contributed by atoms with E-state index in [9.17, 15) is 4.79 Å². The molecule has 1 aromatic heterocycles. The highest BCUT2D eigenvalue weighted by molar-refractivity contribution is 6.31. The fourth-order valence-electron chi connectivity index (χ4n) is 2.55. The van der Waals surface area contributed by atoms with Crippen LogP contribution in [0.2, 0.25) is 5.02 Å². The molecule has 1 saturated heterocycles. The molecule has 0 atom stereocenters. The summed E-state index contributed by atoms with van der Waals surface area (Å²) in [6.07, 6.45) is 5.65. The highest BCUT2D eigenvalue weighted by atomic mass is 35.5. The van der Waals surface area contributed by atoms with E-state index >= 15 is 0 Å². The number of anilines is 1. The number of carbonyl (C=O) groups excluding carboxylic acids is 1. The molecule has 0 unspecified atom stereocenters. The van der Waals surface area contributed by atoms with Crippen molar-refractivity contribution in [2.45, 2.75) is 19.4 Å². The van der Waals surface area contributed by atoms with Crippen molar-refractivity contribution < 1.29 is 9.53 Å². The summed E-state index contributed by atoms with van der Waals surface area (Å²) in [5, 5.41) is 7.69. The highest BCUT2D eigenvalue weighted by Gasteiger charge is 2.15. The number of carbonyl (C=O) groups is 1. The molecule has 0 saturated carbocycles. The molecule has 1 aromatic carbocycles. The molecule has 5 nitrogen and oxygen atoms in total. The van der Waals surface area contributed by atoms with Gasteiger partial charge in [-0.05, 0) is 37.0 Å². The SMILES string of the molecule is O=C(Nc1cnn(CC2CCOCC2)c1)c1cccc(Cl)c1. The molecule has 1 aliphatic rings. The van der Waals surface area contributed by atoms with Gasteiger partial charge in [0.1, 0.15) is 0 Å². The second-order valence-electron chi connectivity index (χ2n) is 5.47. The Morgan fingerprint density at radius 1 is 1.41 bits per heavy atom. The average molecular weight is 320 g/mol. The lowest BCUT2D eigenvalue weighted by atomic mass is 10.0. The summed E-state index contributed by atoms with van der Waals surface area (Å²) in [6.45, 7) is 2.50. The van der Waals surface area contributed by atoms with Crippen molar-refractivity contribution in [3.63, 3.8) is 0 Å². The fraction of sp³-hybridized carbons (Fsp3) is 0.375. The monoisotopic (exact) mass is 319 g/mol. The van der Waals surface area contributed by atoms with Crippen LogP contribution in [-0.4, -0.2) is 28.9 Å². The molecule has 6 heteroatoms. The van der Waals surface area contributed by atoms with Gasteiger partial charge >= 0.3 is 0 Å². The highest BCUT2D eigenvalue weighted by Crippen LogP contribution is 2.18. The van der Waals surface area contributed by atoms with E-state index in [4.69, 9.17) is 16.3 Å². The first-order valence-corrected chi connectivity index (χ1v) is 7.75. The summed E-state index contributed by atoms with van der Waals surface area (Å²) in [5.74, 6) is 0.401. The molecule has 1 aliphatic heterocycles. The smallest absolute Gasteiger partial charge is 0.255 e. The number of amides is 1. The summed E-state index contributed by atoms with van der Waals surface area (Å²) in [5.41, 5.74) is 1.22. The summed E-state index contributed by atoms with van der Waals surface area (Å²) >= 11 is 5.90. The van der Waals surface area contributed by atoms with Crippen molar-refractivity contribution in [2.75, 3.05) is 18.5 Å². The number of hydrogen-bond acceptors (Lipinski definition) is 3. The fourth-order valence-corrected chi connectivity index (χ4v) is 2.74. The predicted octanol–water partition coefficient (Wildman–Crippen LogP) is 3.22. The molecule has 3 rings (SSSR count). The quantitative estimate of drug-likeness (QED) is 0.941. The number of hydrogen-bond donors (Lipinski definition) is 1. The van der Waals surface area contributed by atoms with Gasteiger partial charge in [0.05, 0.1) is 11.9 Å². The van der Waals surface area contributed by atoms with Crippen molar-refractivity contribution in [1.82, 2.24) is 9.78 Å². The Morgan fingerprint density at radius 3 is 3.00 bits per heavy atom. The van der Waals surface area contributed by atoms with Crippen molar-refractivity contribution >= 4 is 23.2 Å². The predicted molar refractivity (Wildman–Crippen MR) is 85.2 cm³/mol. The van der Waals surface area contributed by atoms with Gasteiger partial charge < -0.3 is 10.1 Å². The molecule has 2 aromatic rings. The van der Waals surface area contributed by atoms with E-state index in [1.54, 1.807) is 30.5 Å². The Bertz CT molecular complexity index is 650. The zero-order chi connectivity index (χ0) is 15.4. The Labute approximate surface area is 134 Å². The van der Waals surface area contributed by atoms with Crippen LogP contribution >= 0.6 is 11.6 Å². The first-order valence-electron chi connectivity index (χ1n) is 7.38. The number of benzene rings is 1. The maximum atomic E-state index is 12.1. The van der Waals surface area contributed by atoms with Gasteiger partial charge in [0.25, 0.3) is 5.91 Å². The van der Waals surface area contributed by atoms with Crippen molar-refractivity contribution in [1.29, 1.82) is 0 Å². The third-order valence-corrected chi connectivity index (χ3v) is 4.00. The molecule has 0 aliphatic carbocycles. The number of halogens is 1. The molecule has 0 radical (unpaired) electrons. The average Bonchev–Trinajstić information content (AvgIpc) is 2.95. The third-order valence-electron chi connectivity index (χ3n) is 3.76. The van der Waals surface area contributed by atoms with Crippen LogP contribution in [0, 0.1) is 5.92 Å². The van der Waals surface area contributed by atoms with E-state index in [1.807, 2.05) is 10.9 Å². The van der Waals surface area contributed by atoms with Crippen LogP contribution in [0.1, 0.15) is 23.2 Å². The van der Waals surface area contributed by atoms with Gasteiger partial charge in [-0.25, -0.2) is 0 Å². The minimum atomic E-state index is -0.187. The van der Waals surface area contributed by atoms with Crippen LogP contribution in [0.5, 0.6) is 0 Å². The van der Waals surface area contributed by atoms with Crippen molar-refractivity contribution in [3.05, 3.63) is 47.2 Å². The maximum Gasteiger partial charge on any atom is 0.255 e. The minimum absolute atomic E-state index is 0.187. The van der Waals surface area contributed by atoms with E-state index in [1.165, 1.54) is 0 Å². The Hall–Kier alpha value is -1.85. The van der Waals surface area contributed by atoms with E-state index in [0.717, 1.165) is 32.6 Å². The Kier molecular flexibility index (Phi) is 4.75. The van der Waals surface area contributed by atoms with E-state index in [-0.39, 0.29) is 5.91 Å². The second kappa shape index (κ2) is 6.94. The lowest BCUT2D eigenvalue weighted by molar-refractivity contribution is 0.0601. The van der Waals surface area contributed by atoms with Gasteiger partial charge in [0.2, 0.25) is 0 Å². The van der Waals surface area contributed by atoms with E-state index < -0.39 is 0 Å². The lowest BCUT2D eigenvalue weighted by Gasteiger charge is -2.21. The summed E-state index contributed by atoms with van der Waals surface area (Å²) in [7, 11) is 0.